The quantitative estimate of drug-likeness (QED) is 0.485. The van der Waals surface area contributed by atoms with Crippen LogP contribution in [0.3, 0.4) is 0 Å². The molecule has 1 aliphatic heterocycles. The highest BCUT2D eigenvalue weighted by Crippen LogP contribution is 2.28. The molecule has 0 radical (unpaired) electrons. The van der Waals surface area contributed by atoms with E-state index in [0.29, 0.717) is 35.0 Å². The monoisotopic (exact) mass is 574 g/mol. The maximum absolute atomic E-state index is 13.5. The number of benzene rings is 1. The second-order valence-electron chi connectivity index (χ2n) is 10.3. The molecule has 208 valence electrons. The average Bonchev–Trinajstić information content (AvgIpc) is 3.32. The lowest BCUT2D eigenvalue weighted by atomic mass is 9.81. The highest BCUT2D eigenvalue weighted by molar-refractivity contribution is 7.13. The lowest BCUT2D eigenvalue weighted by molar-refractivity contribution is -0.134. The number of nitrogens with one attached hydrogen (secondary N) is 2. The zero-order valence-electron chi connectivity index (χ0n) is 22.1. The van der Waals surface area contributed by atoms with Gasteiger partial charge in [0.25, 0.3) is 11.8 Å². The molecule has 3 atom stereocenters. The van der Waals surface area contributed by atoms with E-state index in [0.717, 1.165) is 30.1 Å². The number of thiazole rings is 1. The molecule has 1 aromatic carbocycles. The molecule has 2 aromatic heterocycles. The Labute approximate surface area is 236 Å². The smallest absolute Gasteiger partial charge is 0.280 e. The first-order valence-corrected chi connectivity index (χ1v) is 13.5. The molecular formula is C27H32ClFN6O3S. The second-order valence-corrected chi connectivity index (χ2v) is 11.4. The number of likely N-dealkylation sites (N-methyl/N-ethyl adjacent to an activating group) is 1. The fourth-order valence-corrected chi connectivity index (χ4v) is 6.31. The molecule has 39 heavy (non-hydrogen) atoms. The van der Waals surface area contributed by atoms with Crippen LogP contribution < -0.4 is 10.6 Å². The van der Waals surface area contributed by atoms with E-state index in [-0.39, 0.29) is 53.6 Å². The standard InChI is InChI=1S/C27H31FN6O3S.ClH/c1-33(2)27(37)16-5-7-19(30-24(35)22-11-15-4-6-18(28)10-17(15)13-29-22)21(12-16)31-25(36)26-32-20-8-9-34(3)14-23(20)38-26;/h4,6,10-11,13,16,19,21H,5,7-9,12,14H2,1-3H3,(H,30,35)(H,31,36);1H. The minimum absolute atomic E-state index is 0. The minimum Gasteiger partial charge on any atom is -0.349 e. The summed E-state index contributed by atoms with van der Waals surface area (Å²) in [5.41, 5.74) is 1.17. The van der Waals surface area contributed by atoms with Crippen LogP contribution in [0.25, 0.3) is 10.8 Å². The number of hydrogen-bond donors (Lipinski definition) is 2. The van der Waals surface area contributed by atoms with Gasteiger partial charge in [0, 0.05) is 62.0 Å². The molecule has 1 aliphatic carbocycles. The van der Waals surface area contributed by atoms with Crippen LogP contribution in [0.1, 0.15) is 50.1 Å². The van der Waals surface area contributed by atoms with E-state index in [9.17, 15) is 18.8 Å². The van der Waals surface area contributed by atoms with Gasteiger partial charge in [-0.3, -0.25) is 19.4 Å². The molecule has 3 heterocycles. The lowest BCUT2D eigenvalue weighted by Gasteiger charge is -2.37. The summed E-state index contributed by atoms with van der Waals surface area (Å²) < 4.78 is 13.5. The summed E-state index contributed by atoms with van der Waals surface area (Å²) in [4.78, 5) is 52.8. The number of hydrogen-bond acceptors (Lipinski definition) is 7. The van der Waals surface area contributed by atoms with E-state index in [1.165, 1.54) is 29.7 Å². The average molecular weight is 575 g/mol. The van der Waals surface area contributed by atoms with E-state index in [1.807, 2.05) is 7.05 Å². The van der Waals surface area contributed by atoms with Crippen molar-refractivity contribution in [2.75, 3.05) is 27.7 Å². The van der Waals surface area contributed by atoms with Crippen LogP contribution in [-0.4, -0.2) is 77.3 Å². The van der Waals surface area contributed by atoms with Gasteiger partial charge in [-0.05, 0) is 49.9 Å². The summed E-state index contributed by atoms with van der Waals surface area (Å²) in [6, 6.07) is 5.10. The first kappa shape index (κ1) is 28.8. The summed E-state index contributed by atoms with van der Waals surface area (Å²) in [6.07, 6.45) is 3.81. The number of carbonyl (C=O) groups is 3. The molecule has 3 amide bonds. The maximum Gasteiger partial charge on any atom is 0.280 e. The second kappa shape index (κ2) is 11.9. The van der Waals surface area contributed by atoms with Gasteiger partial charge in [0.05, 0.1) is 11.7 Å². The first-order valence-electron chi connectivity index (χ1n) is 12.7. The molecule has 0 saturated heterocycles. The number of pyridine rings is 1. The van der Waals surface area contributed by atoms with Crippen LogP contribution in [0.5, 0.6) is 0 Å². The summed E-state index contributed by atoms with van der Waals surface area (Å²) >= 11 is 1.40. The van der Waals surface area contributed by atoms with Crippen LogP contribution in [0.2, 0.25) is 0 Å². The molecule has 12 heteroatoms. The summed E-state index contributed by atoms with van der Waals surface area (Å²) in [5.74, 6) is -1.29. The molecule has 1 fully saturated rings. The molecule has 2 aliphatic rings. The van der Waals surface area contributed by atoms with Crippen molar-refractivity contribution in [2.45, 2.75) is 44.3 Å². The summed E-state index contributed by atoms with van der Waals surface area (Å²) in [6.45, 7) is 1.67. The van der Waals surface area contributed by atoms with Gasteiger partial charge in [0.2, 0.25) is 5.91 Å². The fourth-order valence-electron chi connectivity index (χ4n) is 5.22. The van der Waals surface area contributed by atoms with E-state index in [4.69, 9.17) is 0 Å². The van der Waals surface area contributed by atoms with Crippen molar-refractivity contribution in [3.05, 3.63) is 57.6 Å². The highest BCUT2D eigenvalue weighted by Gasteiger charge is 2.37. The van der Waals surface area contributed by atoms with Crippen LogP contribution in [-0.2, 0) is 17.8 Å². The zero-order valence-corrected chi connectivity index (χ0v) is 23.7. The van der Waals surface area contributed by atoms with Gasteiger partial charge in [-0.2, -0.15) is 0 Å². The van der Waals surface area contributed by atoms with Gasteiger partial charge < -0.3 is 20.4 Å². The van der Waals surface area contributed by atoms with E-state index < -0.39 is 6.04 Å². The van der Waals surface area contributed by atoms with Crippen molar-refractivity contribution >= 4 is 52.2 Å². The predicted molar refractivity (Wildman–Crippen MR) is 150 cm³/mol. The van der Waals surface area contributed by atoms with Gasteiger partial charge in [-0.1, -0.05) is 6.07 Å². The number of rotatable bonds is 5. The van der Waals surface area contributed by atoms with Gasteiger partial charge in [0.15, 0.2) is 5.01 Å². The molecule has 3 aromatic rings. The van der Waals surface area contributed by atoms with Crippen molar-refractivity contribution in [3.8, 4) is 0 Å². The van der Waals surface area contributed by atoms with Crippen LogP contribution in [0, 0.1) is 11.7 Å². The number of fused-ring (bicyclic) bond motifs is 2. The number of aromatic nitrogens is 2. The SMILES string of the molecule is CN1CCc2nc(C(=O)NC3CC(C(=O)N(C)C)CCC3NC(=O)c3cc4ccc(F)cc4cn3)sc2C1.Cl. The van der Waals surface area contributed by atoms with E-state index in [2.05, 4.69) is 25.5 Å². The van der Waals surface area contributed by atoms with Gasteiger partial charge in [-0.15, -0.1) is 23.7 Å². The molecule has 0 bridgehead atoms. The highest BCUT2D eigenvalue weighted by atomic mass is 35.5. The third kappa shape index (κ3) is 6.37. The van der Waals surface area contributed by atoms with Crippen molar-refractivity contribution in [3.63, 3.8) is 0 Å². The number of halogens is 2. The Hall–Kier alpha value is -3.15. The molecule has 3 unspecified atom stereocenters. The van der Waals surface area contributed by atoms with Gasteiger partial charge in [0.1, 0.15) is 11.5 Å². The molecule has 1 saturated carbocycles. The Morgan fingerprint density at radius 3 is 2.62 bits per heavy atom. The minimum atomic E-state index is -0.452. The zero-order chi connectivity index (χ0) is 27.0. The van der Waals surface area contributed by atoms with Crippen LogP contribution in [0.4, 0.5) is 4.39 Å². The fraction of sp³-hybridized carbons (Fsp3) is 0.444. The summed E-state index contributed by atoms with van der Waals surface area (Å²) in [5, 5.41) is 7.80. The van der Waals surface area contributed by atoms with Gasteiger partial charge >= 0.3 is 0 Å². The molecule has 5 rings (SSSR count). The Morgan fingerprint density at radius 1 is 1.08 bits per heavy atom. The summed E-state index contributed by atoms with van der Waals surface area (Å²) in [7, 11) is 5.48. The third-order valence-corrected chi connectivity index (χ3v) is 8.39. The number of amides is 3. The molecular weight excluding hydrogens is 543 g/mol. The van der Waals surface area contributed by atoms with Crippen molar-refractivity contribution < 1.29 is 18.8 Å². The van der Waals surface area contributed by atoms with E-state index in [1.54, 1.807) is 31.1 Å². The van der Waals surface area contributed by atoms with Gasteiger partial charge in [-0.25, -0.2) is 9.37 Å². The maximum atomic E-state index is 13.5. The van der Waals surface area contributed by atoms with Crippen molar-refractivity contribution in [1.29, 1.82) is 0 Å². The lowest BCUT2D eigenvalue weighted by Crippen LogP contribution is -2.56. The molecule has 0 spiro atoms. The normalized spacial score (nSPS) is 21.0. The first-order chi connectivity index (χ1) is 18.2. The number of nitrogens with zero attached hydrogens (tertiary/aromatic N) is 4. The van der Waals surface area contributed by atoms with E-state index >= 15 is 0 Å². The predicted octanol–water partition coefficient (Wildman–Crippen LogP) is 3.03. The molecule has 2 N–H and O–H groups in total. The largest absolute Gasteiger partial charge is 0.349 e. The third-order valence-electron chi connectivity index (χ3n) is 7.31. The Bertz CT molecular complexity index is 1400. The topological polar surface area (TPSA) is 108 Å². The van der Waals surface area contributed by atoms with Crippen molar-refractivity contribution in [1.82, 2.24) is 30.4 Å². The van der Waals surface area contributed by atoms with Crippen LogP contribution in [0.15, 0.2) is 30.5 Å². The molecule has 9 nitrogen and oxygen atoms in total. The Kier molecular flexibility index (Phi) is 8.83. The number of carbonyl (C=O) groups excluding carboxylic acids is 3. The Balaban J connectivity index is 0.00000353. The van der Waals surface area contributed by atoms with Crippen molar-refractivity contribution in [2.24, 2.45) is 5.92 Å². The Morgan fingerprint density at radius 2 is 1.85 bits per heavy atom. The van der Waals surface area contributed by atoms with Crippen LogP contribution >= 0.6 is 23.7 Å².